The van der Waals surface area contributed by atoms with Crippen molar-refractivity contribution in [3.8, 4) is 0 Å². The van der Waals surface area contributed by atoms with E-state index < -0.39 is 9.84 Å². The van der Waals surface area contributed by atoms with Crippen LogP contribution in [-0.4, -0.2) is 29.7 Å². The summed E-state index contributed by atoms with van der Waals surface area (Å²) in [5.41, 5.74) is 8.66. The summed E-state index contributed by atoms with van der Waals surface area (Å²) in [5, 5.41) is 4.79. The van der Waals surface area contributed by atoms with Crippen molar-refractivity contribution in [3.05, 3.63) is 11.3 Å². The maximum Gasteiger partial charge on any atom is 0.152 e. The van der Waals surface area contributed by atoms with Crippen LogP contribution >= 0.6 is 0 Å². The molecule has 0 radical (unpaired) electrons. The topological polar surface area (TPSA) is 78.0 Å². The highest BCUT2D eigenvalue weighted by atomic mass is 32.2. The van der Waals surface area contributed by atoms with Crippen molar-refractivity contribution in [2.75, 3.05) is 17.2 Å². The molecule has 118 valence electrons. The first-order chi connectivity index (χ1) is 10.0. The number of anilines is 1. The number of nitrogen functional groups attached to an aromatic ring is 1. The zero-order valence-corrected chi connectivity index (χ0v) is 13.5. The predicted octanol–water partition coefficient (Wildman–Crippen LogP) is 2.43. The number of hydrogen-bond acceptors (Lipinski definition) is 4. The van der Waals surface area contributed by atoms with Crippen LogP contribution < -0.4 is 5.73 Å². The normalized spacial score (nSPS) is 25.7. The van der Waals surface area contributed by atoms with Crippen molar-refractivity contribution in [2.24, 2.45) is 0 Å². The summed E-state index contributed by atoms with van der Waals surface area (Å²) >= 11 is 0. The van der Waals surface area contributed by atoms with Crippen LogP contribution in [0.2, 0.25) is 0 Å². The van der Waals surface area contributed by atoms with Gasteiger partial charge in [-0.2, -0.15) is 5.10 Å². The highest BCUT2D eigenvalue weighted by molar-refractivity contribution is 7.91. The van der Waals surface area contributed by atoms with Crippen LogP contribution in [0.5, 0.6) is 0 Å². The van der Waals surface area contributed by atoms with E-state index in [2.05, 4.69) is 6.92 Å². The molecule has 1 aromatic rings. The van der Waals surface area contributed by atoms with E-state index in [0.29, 0.717) is 18.2 Å². The molecular weight excluding hydrogens is 286 g/mol. The van der Waals surface area contributed by atoms with Gasteiger partial charge in [0.15, 0.2) is 9.84 Å². The molecule has 6 heteroatoms. The third-order valence-electron chi connectivity index (χ3n) is 4.88. The number of hydrogen-bond donors (Lipinski definition) is 1. The van der Waals surface area contributed by atoms with Crippen LogP contribution in [0.3, 0.4) is 0 Å². The standard InChI is InChI=1S/C15H25N3O2S/c1-2-5-13-14(11-6-3-4-7-11)17-18(15(13)16)12-8-9-21(19,20)10-12/h11-12H,2-10,16H2,1H3. The minimum absolute atomic E-state index is 0.0687. The monoisotopic (exact) mass is 311 g/mol. The van der Waals surface area contributed by atoms with Crippen LogP contribution in [0.25, 0.3) is 0 Å². The lowest BCUT2D eigenvalue weighted by molar-refractivity contribution is 0.495. The smallest absolute Gasteiger partial charge is 0.152 e. The highest BCUT2D eigenvalue weighted by Crippen LogP contribution is 2.39. The molecule has 1 aromatic heterocycles. The maximum absolute atomic E-state index is 11.7. The Kier molecular flexibility index (Phi) is 3.99. The average Bonchev–Trinajstić information content (AvgIpc) is 3.12. The van der Waals surface area contributed by atoms with Gasteiger partial charge in [0.2, 0.25) is 0 Å². The summed E-state index contributed by atoms with van der Waals surface area (Å²) in [5.74, 6) is 1.68. The second-order valence-corrected chi connectivity index (χ2v) is 8.71. The van der Waals surface area contributed by atoms with Gasteiger partial charge in [0.05, 0.1) is 23.2 Å². The molecule has 2 N–H and O–H groups in total. The van der Waals surface area contributed by atoms with Gasteiger partial charge in [-0.15, -0.1) is 0 Å². The molecule has 2 fully saturated rings. The Hall–Kier alpha value is -1.04. The van der Waals surface area contributed by atoms with Gasteiger partial charge >= 0.3 is 0 Å². The Morgan fingerprint density at radius 3 is 2.57 bits per heavy atom. The van der Waals surface area contributed by atoms with Crippen molar-refractivity contribution in [2.45, 2.75) is 63.8 Å². The van der Waals surface area contributed by atoms with Gasteiger partial charge in [-0.3, -0.25) is 0 Å². The molecule has 1 aliphatic carbocycles. The van der Waals surface area contributed by atoms with E-state index in [0.717, 1.165) is 18.5 Å². The molecule has 1 aliphatic heterocycles. The van der Waals surface area contributed by atoms with Gasteiger partial charge < -0.3 is 5.73 Å². The minimum Gasteiger partial charge on any atom is -0.384 e. The maximum atomic E-state index is 11.7. The Bertz CT molecular complexity index is 615. The molecule has 0 spiro atoms. The lowest BCUT2D eigenvalue weighted by Gasteiger charge is -2.10. The van der Waals surface area contributed by atoms with E-state index in [4.69, 9.17) is 10.8 Å². The van der Waals surface area contributed by atoms with Crippen LogP contribution in [0, 0.1) is 0 Å². The predicted molar refractivity (Wildman–Crippen MR) is 84.2 cm³/mol. The van der Waals surface area contributed by atoms with E-state index in [1.54, 1.807) is 0 Å². The first kappa shape index (κ1) is 14.9. The van der Waals surface area contributed by atoms with Crippen molar-refractivity contribution >= 4 is 15.7 Å². The minimum atomic E-state index is -2.91. The van der Waals surface area contributed by atoms with Crippen molar-refractivity contribution < 1.29 is 8.42 Å². The molecule has 1 unspecified atom stereocenters. The van der Waals surface area contributed by atoms with Crippen LogP contribution in [0.15, 0.2) is 0 Å². The Morgan fingerprint density at radius 2 is 2.00 bits per heavy atom. The first-order valence-electron chi connectivity index (χ1n) is 8.09. The quantitative estimate of drug-likeness (QED) is 0.926. The van der Waals surface area contributed by atoms with Gasteiger partial charge in [0, 0.05) is 11.5 Å². The van der Waals surface area contributed by atoms with Gasteiger partial charge in [0.25, 0.3) is 0 Å². The summed E-state index contributed by atoms with van der Waals surface area (Å²) in [6, 6.07) is -0.0687. The number of sulfone groups is 1. The van der Waals surface area contributed by atoms with E-state index in [1.165, 1.54) is 31.2 Å². The Balaban J connectivity index is 1.96. The lowest BCUT2D eigenvalue weighted by atomic mass is 9.98. The summed E-state index contributed by atoms with van der Waals surface area (Å²) in [6.45, 7) is 2.15. The fourth-order valence-electron chi connectivity index (χ4n) is 3.78. The number of nitrogens with two attached hydrogens (primary N) is 1. The number of nitrogens with zero attached hydrogens (tertiary/aromatic N) is 2. The van der Waals surface area contributed by atoms with E-state index in [9.17, 15) is 8.42 Å². The molecule has 0 amide bonds. The largest absolute Gasteiger partial charge is 0.384 e. The fourth-order valence-corrected chi connectivity index (χ4v) is 5.47. The summed E-state index contributed by atoms with van der Waals surface area (Å²) < 4.78 is 25.3. The number of aromatic nitrogens is 2. The molecule has 0 bridgehead atoms. The summed E-state index contributed by atoms with van der Waals surface area (Å²) in [7, 11) is -2.91. The molecular formula is C15H25N3O2S. The first-order valence-corrected chi connectivity index (χ1v) is 9.91. The average molecular weight is 311 g/mol. The van der Waals surface area contributed by atoms with Crippen LogP contribution in [0.4, 0.5) is 5.82 Å². The summed E-state index contributed by atoms with van der Waals surface area (Å²) in [4.78, 5) is 0. The molecule has 1 saturated carbocycles. The van der Waals surface area contributed by atoms with Crippen LogP contribution in [-0.2, 0) is 16.3 Å². The molecule has 21 heavy (non-hydrogen) atoms. The van der Waals surface area contributed by atoms with E-state index in [1.807, 2.05) is 4.68 Å². The Labute approximate surface area is 126 Å². The van der Waals surface area contributed by atoms with Gasteiger partial charge in [-0.25, -0.2) is 13.1 Å². The third kappa shape index (κ3) is 2.82. The SMILES string of the molecule is CCCc1c(C2CCCC2)nn(C2CCS(=O)(=O)C2)c1N. The number of rotatable bonds is 4. The zero-order chi connectivity index (χ0) is 15.0. The molecule has 2 aliphatic rings. The lowest BCUT2D eigenvalue weighted by Crippen LogP contribution is -2.15. The highest BCUT2D eigenvalue weighted by Gasteiger charge is 2.33. The molecule has 5 nitrogen and oxygen atoms in total. The third-order valence-corrected chi connectivity index (χ3v) is 6.63. The van der Waals surface area contributed by atoms with Gasteiger partial charge in [-0.05, 0) is 25.7 Å². The van der Waals surface area contributed by atoms with E-state index >= 15 is 0 Å². The van der Waals surface area contributed by atoms with Gasteiger partial charge in [0.1, 0.15) is 5.82 Å². The molecule has 0 aromatic carbocycles. The molecule has 3 rings (SSSR count). The second kappa shape index (κ2) is 5.63. The fraction of sp³-hybridized carbons (Fsp3) is 0.800. The molecule has 2 heterocycles. The molecule has 1 atom stereocenters. The zero-order valence-electron chi connectivity index (χ0n) is 12.7. The summed E-state index contributed by atoms with van der Waals surface area (Å²) in [6.07, 6.45) is 7.54. The van der Waals surface area contributed by atoms with E-state index in [-0.39, 0.29) is 17.5 Å². The van der Waals surface area contributed by atoms with Crippen molar-refractivity contribution in [1.82, 2.24) is 9.78 Å². The van der Waals surface area contributed by atoms with Crippen molar-refractivity contribution in [3.63, 3.8) is 0 Å². The van der Waals surface area contributed by atoms with Crippen LogP contribution in [0.1, 0.15) is 68.7 Å². The van der Waals surface area contributed by atoms with Gasteiger partial charge in [-0.1, -0.05) is 26.2 Å². The van der Waals surface area contributed by atoms with Crippen molar-refractivity contribution in [1.29, 1.82) is 0 Å². The Morgan fingerprint density at radius 1 is 1.29 bits per heavy atom. The molecule has 1 saturated heterocycles. The second-order valence-electron chi connectivity index (χ2n) is 6.48.